The summed E-state index contributed by atoms with van der Waals surface area (Å²) in [6.45, 7) is 21.3. The van der Waals surface area contributed by atoms with Crippen LogP contribution in [0.25, 0.3) is 0 Å². The summed E-state index contributed by atoms with van der Waals surface area (Å²) < 4.78 is 39.8. The van der Waals surface area contributed by atoms with Crippen molar-refractivity contribution in [2.45, 2.75) is 73.1 Å². The number of fused-ring (bicyclic) bond motifs is 3. The molecule has 3 heterocycles. The number of esters is 6. The zero-order chi connectivity index (χ0) is 62.3. The first-order chi connectivity index (χ1) is 39.6. The predicted molar refractivity (Wildman–Crippen MR) is 315 cm³/mol. The minimum absolute atomic E-state index is 0.0473. The second kappa shape index (κ2) is 30.3. The summed E-state index contributed by atoms with van der Waals surface area (Å²) in [7, 11) is 7.36. The van der Waals surface area contributed by atoms with Gasteiger partial charge in [-0.05, 0) is 131 Å². The highest BCUT2D eigenvalue weighted by molar-refractivity contribution is 8.26. The first-order valence-corrected chi connectivity index (χ1v) is 28.7. The Balaban J connectivity index is 0.000000211. The van der Waals surface area contributed by atoms with Crippen LogP contribution in [0.3, 0.4) is 0 Å². The highest BCUT2D eigenvalue weighted by atomic mass is 36.0. The van der Waals surface area contributed by atoms with Gasteiger partial charge < -0.3 is 38.6 Å². The normalized spacial score (nSPS) is 14.7. The summed E-state index contributed by atoms with van der Waals surface area (Å²) in [5.41, 5.74) is 11.8. The zero-order valence-electron chi connectivity index (χ0n) is 46.9. The molecular weight excluding hydrogens is 1170 g/mol. The van der Waals surface area contributed by atoms with E-state index in [1.54, 1.807) is 61.5 Å². The maximum atomic E-state index is 12.5. The van der Waals surface area contributed by atoms with Gasteiger partial charge in [-0.25, -0.2) is 23.4 Å². The van der Waals surface area contributed by atoms with Crippen molar-refractivity contribution >= 4 is 89.2 Å². The Kier molecular flexibility index (Phi) is 24.0. The molecule has 2 N–H and O–H groups in total. The van der Waals surface area contributed by atoms with E-state index < -0.39 is 56.1 Å². The Morgan fingerprint density at radius 1 is 0.524 bits per heavy atom. The number of aliphatic hydroxyl groups is 1. The summed E-state index contributed by atoms with van der Waals surface area (Å²) in [5, 5.41) is 16.7. The van der Waals surface area contributed by atoms with Crippen LogP contribution in [-0.4, -0.2) is 87.9 Å². The van der Waals surface area contributed by atoms with E-state index in [9.17, 15) is 38.4 Å². The molecule has 6 aromatic rings. The fraction of sp³-hybridized carbons (Fsp3) is 0.238. The van der Waals surface area contributed by atoms with Crippen molar-refractivity contribution in [3.8, 4) is 17.2 Å². The van der Waals surface area contributed by atoms with Gasteiger partial charge in [0, 0.05) is 54.8 Å². The average molecular weight is 1230 g/mol. The fourth-order valence-corrected chi connectivity index (χ4v) is 9.22. The number of hydrogen-bond donors (Lipinski definition) is 2. The van der Waals surface area contributed by atoms with Crippen LogP contribution in [0, 0.1) is 41.5 Å². The number of halogens is 3. The maximum Gasteiger partial charge on any atom is 0.338 e. The number of aryl methyl sites for hydroxylation is 6. The maximum absolute atomic E-state index is 12.5. The van der Waals surface area contributed by atoms with Gasteiger partial charge in [-0.3, -0.25) is 19.2 Å². The number of hydrogen-bond acceptors (Lipinski definition) is 16. The van der Waals surface area contributed by atoms with Crippen molar-refractivity contribution in [2.24, 2.45) is 0 Å². The molecular formula is C63H59Cl3O17S. The van der Waals surface area contributed by atoms with E-state index in [1.165, 1.54) is 19.1 Å². The number of carbonyl (C=O) groups is 8. The molecule has 0 spiro atoms. The van der Waals surface area contributed by atoms with Crippen LogP contribution in [-0.2, 0) is 47.4 Å². The standard InChI is InChI=1S/C23H22O6.C17H13ClO3.C17H14O4.C6H10O3.Cl2OS/c1-13(2)21(24)27-8-9-28-22(25)17-7-5-6-16(12-17)19-18-11-14(3)10-15(4)20(18)29-23(19)26;2*1-9-6-10(2)15-13(7-9)14(17(20)21-15)11-4-3-5-12(8-11)16(18)19;1-5(2)6(8)9-4-3-7;1-4(2)3/h5-7,10-12,19H,1,8-9H2,2-4H3;3-8,14H,1-2H3;3-8,14H,1-2H3,(H,18,19);7H,1,3-4H2,2H3;. The molecule has 440 valence electrons. The Morgan fingerprint density at radius 3 is 1.19 bits per heavy atom. The Hall–Kier alpha value is -8.26. The summed E-state index contributed by atoms with van der Waals surface area (Å²) in [6, 6.07) is 31.7. The number of carboxylic acid groups (broad SMARTS) is 1. The highest BCUT2D eigenvalue weighted by Gasteiger charge is 2.38. The summed E-state index contributed by atoms with van der Waals surface area (Å²) in [6.07, 6.45) is 0. The lowest BCUT2D eigenvalue weighted by Gasteiger charge is -2.11. The molecule has 9 rings (SSSR count). The molecule has 0 radical (unpaired) electrons. The van der Waals surface area contributed by atoms with E-state index in [4.69, 9.17) is 49.7 Å². The Bertz CT molecular complexity index is 3470. The van der Waals surface area contributed by atoms with Gasteiger partial charge in [0.1, 0.15) is 54.8 Å². The van der Waals surface area contributed by atoms with Crippen molar-refractivity contribution < 1.29 is 81.2 Å². The molecule has 3 unspecified atom stereocenters. The number of carboxylic acids is 1. The number of rotatable bonds is 13. The molecule has 6 aromatic carbocycles. The van der Waals surface area contributed by atoms with Gasteiger partial charge in [-0.2, -0.15) is 0 Å². The lowest BCUT2D eigenvalue weighted by Crippen LogP contribution is -2.15. The number of aromatic carboxylic acids is 1. The lowest BCUT2D eigenvalue weighted by molar-refractivity contribution is -0.140. The average Bonchev–Trinajstić information content (AvgIpc) is 2.58. The Labute approximate surface area is 501 Å². The van der Waals surface area contributed by atoms with Crippen LogP contribution in [0.5, 0.6) is 17.2 Å². The van der Waals surface area contributed by atoms with Gasteiger partial charge in [0.05, 0.1) is 17.7 Å². The third-order valence-corrected chi connectivity index (χ3v) is 12.7. The summed E-state index contributed by atoms with van der Waals surface area (Å²) in [5.74, 6) is -3.47. The molecule has 0 saturated heterocycles. The van der Waals surface area contributed by atoms with Crippen molar-refractivity contribution in [3.63, 3.8) is 0 Å². The number of aliphatic hydroxyl groups excluding tert-OH is 1. The smallest absolute Gasteiger partial charge is 0.338 e. The van der Waals surface area contributed by atoms with Crippen molar-refractivity contribution in [3.05, 3.63) is 217 Å². The largest absolute Gasteiger partial charge is 0.478 e. The monoisotopic (exact) mass is 1220 g/mol. The topological polar surface area (TPSA) is 249 Å². The van der Waals surface area contributed by atoms with E-state index in [1.807, 2.05) is 84.0 Å². The van der Waals surface area contributed by atoms with E-state index in [-0.39, 0.29) is 55.5 Å². The predicted octanol–water partition coefficient (Wildman–Crippen LogP) is 11.6. The van der Waals surface area contributed by atoms with Gasteiger partial charge in [-0.15, -0.1) is 0 Å². The van der Waals surface area contributed by atoms with E-state index in [2.05, 4.69) is 39.3 Å². The molecule has 0 aromatic heterocycles. The Morgan fingerprint density at radius 2 is 0.845 bits per heavy atom. The van der Waals surface area contributed by atoms with Crippen LogP contribution < -0.4 is 14.2 Å². The molecule has 21 heteroatoms. The van der Waals surface area contributed by atoms with Crippen molar-refractivity contribution in [1.82, 2.24) is 0 Å². The van der Waals surface area contributed by atoms with Crippen LogP contribution in [0.1, 0.15) is 129 Å². The van der Waals surface area contributed by atoms with Gasteiger partial charge in [0.2, 0.25) is 9.23 Å². The quantitative estimate of drug-likeness (QED) is 0.0272. The first-order valence-electron chi connectivity index (χ1n) is 25.5. The molecule has 84 heavy (non-hydrogen) atoms. The van der Waals surface area contributed by atoms with Crippen LogP contribution in [0.15, 0.2) is 133 Å². The first kappa shape index (κ1) is 66.5. The molecule has 3 aliphatic heterocycles. The molecule has 17 nitrogen and oxygen atoms in total. The van der Waals surface area contributed by atoms with Crippen LogP contribution in [0.4, 0.5) is 0 Å². The minimum Gasteiger partial charge on any atom is -0.478 e. The molecule has 3 atom stereocenters. The summed E-state index contributed by atoms with van der Waals surface area (Å²) in [4.78, 5) is 93.5. The molecule has 3 aliphatic rings. The van der Waals surface area contributed by atoms with Crippen LogP contribution >= 0.6 is 33.0 Å². The SMILES string of the molecule is C=C(C)C(=O)OCCO.C=C(C)C(=O)OCCOC(=O)c1cccc(C2C(=O)Oc3c(C)cc(C)cc32)c1.Cc1cc(C)c2c(c1)C(c1cccc(C(=O)Cl)c1)C(=O)O2.Cc1cc(C)c2c(c1)C(c1cccc(C(=O)O)c1)C(=O)O2.O=S(Cl)Cl. The molecule has 0 bridgehead atoms. The van der Waals surface area contributed by atoms with Crippen molar-refractivity contribution in [1.29, 1.82) is 0 Å². The van der Waals surface area contributed by atoms with Crippen molar-refractivity contribution in [2.75, 3.05) is 26.4 Å². The minimum atomic E-state index is -1.67. The van der Waals surface area contributed by atoms with Crippen LogP contribution in [0.2, 0.25) is 0 Å². The zero-order valence-corrected chi connectivity index (χ0v) is 50.0. The lowest BCUT2D eigenvalue weighted by atomic mass is 9.89. The summed E-state index contributed by atoms with van der Waals surface area (Å²) >= 11 is 5.51. The second-order valence-corrected chi connectivity index (χ2v) is 22.3. The van der Waals surface area contributed by atoms with E-state index in [0.717, 1.165) is 55.6 Å². The van der Waals surface area contributed by atoms with Gasteiger partial charge in [0.25, 0.3) is 5.24 Å². The molecule has 0 amide bonds. The molecule has 0 fully saturated rings. The van der Waals surface area contributed by atoms with E-state index in [0.29, 0.717) is 45.1 Å². The molecule has 0 saturated carbocycles. The molecule has 0 aliphatic carbocycles. The second-order valence-electron chi connectivity index (χ2n) is 19.4. The van der Waals surface area contributed by atoms with Gasteiger partial charge >= 0.3 is 41.8 Å². The number of benzene rings is 6. The third-order valence-electron chi connectivity index (χ3n) is 12.5. The third kappa shape index (κ3) is 17.6. The van der Waals surface area contributed by atoms with Gasteiger partial charge in [0.15, 0.2) is 0 Å². The highest BCUT2D eigenvalue weighted by Crippen LogP contribution is 2.44. The fourth-order valence-electron chi connectivity index (χ4n) is 9.10. The number of ether oxygens (including phenoxy) is 6. The van der Waals surface area contributed by atoms with Gasteiger partial charge in [-0.1, -0.05) is 109 Å². The number of carbonyl (C=O) groups excluding carboxylic acids is 7. The van der Waals surface area contributed by atoms with E-state index >= 15 is 0 Å².